The van der Waals surface area contributed by atoms with E-state index in [1.807, 2.05) is 5.32 Å². The van der Waals surface area contributed by atoms with E-state index in [2.05, 4.69) is 25.9 Å². The Hall–Kier alpha value is -1.70. The van der Waals surface area contributed by atoms with E-state index in [0.717, 1.165) is 0 Å². The van der Waals surface area contributed by atoms with Crippen LogP contribution in [0.5, 0.6) is 0 Å². The third-order valence-electron chi connectivity index (χ3n) is 1.37. The number of carboxylic acids is 1. The number of rotatable bonds is 3. The number of halogens is 1. The lowest BCUT2D eigenvalue weighted by molar-refractivity contribution is -0.135. The molecule has 0 aliphatic rings. The van der Waals surface area contributed by atoms with Gasteiger partial charge in [0.15, 0.2) is 5.69 Å². The fraction of sp³-hybridized carbons (Fsp3) is 0.143. The van der Waals surface area contributed by atoms with Gasteiger partial charge in [0.2, 0.25) is 0 Å². The van der Waals surface area contributed by atoms with Gasteiger partial charge in [-0.3, -0.25) is 14.4 Å². The normalized spacial score (nSPS) is 9.67. The molecule has 1 aromatic heterocycles. The van der Waals surface area contributed by atoms with Crippen LogP contribution in [0.2, 0.25) is 0 Å². The summed E-state index contributed by atoms with van der Waals surface area (Å²) in [7, 11) is 0. The van der Waals surface area contributed by atoms with E-state index in [-0.39, 0.29) is 10.3 Å². The van der Waals surface area contributed by atoms with Gasteiger partial charge in [0.25, 0.3) is 11.5 Å². The van der Waals surface area contributed by atoms with E-state index in [1.165, 1.54) is 6.20 Å². The lowest BCUT2D eigenvalue weighted by Crippen LogP contribution is -2.34. The second-order valence-corrected chi connectivity index (χ2v) is 3.29. The Labute approximate surface area is 91.7 Å². The van der Waals surface area contributed by atoms with Crippen LogP contribution >= 0.6 is 15.9 Å². The van der Waals surface area contributed by atoms with Crippen molar-refractivity contribution in [2.24, 2.45) is 0 Å². The molecule has 0 atom stereocenters. The molecule has 0 radical (unpaired) electrons. The summed E-state index contributed by atoms with van der Waals surface area (Å²) < 4.78 is 0.280. The van der Waals surface area contributed by atoms with Gasteiger partial charge < -0.3 is 15.4 Å². The minimum Gasteiger partial charge on any atom is -0.480 e. The summed E-state index contributed by atoms with van der Waals surface area (Å²) in [4.78, 5) is 38.4. The van der Waals surface area contributed by atoms with Gasteiger partial charge in [-0.1, -0.05) is 0 Å². The Morgan fingerprint density at radius 2 is 2.27 bits per heavy atom. The molecule has 15 heavy (non-hydrogen) atoms. The van der Waals surface area contributed by atoms with Gasteiger partial charge in [-0.25, -0.2) is 4.98 Å². The van der Waals surface area contributed by atoms with Crippen LogP contribution in [-0.2, 0) is 4.79 Å². The SMILES string of the molecule is O=C(O)CNC(=O)c1nc(Br)c[nH]c1=O. The largest absolute Gasteiger partial charge is 0.480 e. The van der Waals surface area contributed by atoms with E-state index >= 15 is 0 Å². The highest BCUT2D eigenvalue weighted by molar-refractivity contribution is 9.10. The number of carbonyl (C=O) groups excluding carboxylic acids is 1. The molecule has 0 spiro atoms. The smallest absolute Gasteiger partial charge is 0.322 e. The van der Waals surface area contributed by atoms with Gasteiger partial charge in [0, 0.05) is 6.20 Å². The van der Waals surface area contributed by atoms with Gasteiger partial charge in [-0.05, 0) is 15.9 Å². The van der Waals surface area contributed by atoms with Crippen LogP contribution < -0.4 is 10.9 Å². The molecule has 1 heterocycles. The van der Waals surface area contributed by atoms with Crippen LogP contribution in [-0.4, -0.2) is 33.5 Å². The van der Waals surface area contributed by atoms with E-state index in [9.17, 15) is 14.4 Å². The number of carboxylic acid groups (broad SMARTS) is 1. The average molecular weight is 276 g/mol. The molecule has 0 aliphatic heterocycles. The monoisotopic (exact) mass is 275 g/mol. The molecule has 0 unspecified atom stereocenters. The molecule has 0 bridgehead atoms. The van der Waals surface area contributed by atoms with E-state index in [1.54, 1.807) is 0 Å². The molecule has 0 fully saturated rings. The zero-order valence-electron chi connectivity index (χ0n) is 7.28. The van der Waals surface area contributed by atoms with Crippen LogP contribution in [0.4, 0.5) is 0 Å². The maximum absolute atomic E-state index is 11.2. The Kier molecular flexibility index (Phi) is 3.56. The highest BCUT2D eigenvalue weighted by atomic mass is 79.9. The third-order valence-corrected chi connectivity index (χ3v) is 1.78. The fourth-order valence-electron chi connectivity index (χ4n) is 0.777. The fourth-order valence-corrected chi connectivity index (χ4v) is 1.07. The Morgan fingerprint density at radius 3 is 2.87 bits per heavy atom. The van der Waals surface area contributed by atoms with Gasteiger partial charge in [0.05, 0.1) is 0 Å². The molecular formula is C7H6BrN3O4. The van der Waals surface area contributed by atoms with Gasteiger partial charge in [0.1, 0.15) is 11.1 Å². The lowest BCUT2D eigenvalue weighted by Gasteiger charge is -2.00. The highest BCUT2D eigenvalue weighted by Gasteiger charge is 2.13. The second kappa shape index (κ2) is 4.69. The third kappa shape index (κ3) is 3.17. The number of aromatic nitrogens is 2. The number of H-pyrrole nitrogens is 1. The maximum atomic E-state index is 11.2. The first-order valence-electron chi connectivity index (χ1n) is 3.76. The van der Waals surface area contributed by atoms with Crippen LogP contribution in [0.15, 0.2) is 15.6 Å². The van der Waals surface area contributed by atoms with Crippen molar-refractivity contribution < 1.29 is 14.7 Å². The zero-order chi connectivity index (χ0) is 11.4. The van der Waals surface area contributed by atoms with Crippen molar-refractivity contribution in [1.82, 2.24) is 15.3 Å². The van der Waals surface area contributed by atoms with Crippen LogP contribution in [0.1, 0.15) is 10.5 Å². The summed E-state index contributed by atoms with van der Waals surface area (Å²) >= 11 is 2.97. The van der Waals surface area contributed by atoms with Gasteiger partial charge in [-0.2, -0.15) is 0 Å². The first kappa shape index (κ1) is 11.4. The first-order valence-corrected chi connectivity index (χ1v) is 4.55. The summed E-state index contributed by atoms with van der Waals surface area (Å²) in [5.74, 6) is -2.03. The Bertz CT molecular complexity index is 456. The molecule has 0 aliphatic carbocycles. The van der Waals surface area contributed by atoms with Crippen LogP contribution in [0.25, 0.3) is 0 Å². The summed E-state index contributed by atoms with van der Waals surface area (Å²) in [6, 6.07) is 0. The van der Waals surface area contributed by atoms with Crippen molar-refractivity contribution in [2.45, 2.75) is 0 Å². The number of aromatic amines is 1. The molecule has 0 saturated heterocycles. The molecule has 3 N–H and O–H groups in total. The van der Waals surface area contributed by atoms with E-state index < -0.39 is 24.0 Å². The number of hydrogen-bond donors (Lipinski definition) is 3. The van der Waals surface area contributed by atoms with Gasteiger partial charge >= 0.3 is 5.97 Å². The summed E-state index contributed by atoms with van der Waals surface area (Å²) in [5, 5.41) is 10.3. The van der Waals surface area contributed by atoms with Crippen molar-refractivity contribution in [3.05, 3.63) is 26.8 Å². The van der Waals surface area contributed by atoms with Gasteiger partial charge in [-0.15, -0.1) is 0 Å². The predicted molar refractivity (Wildman–Crippen MR) is 52.5 cm³/mol. The number of hydrogen-bond acceptors (Lipinski definition) is 4. The molecule has 1 amide bonds. The molecular weight excluding hydrogens is 270 g/mol. The van der Waals surface area contributed by atoms with E-state index in [4.69, 9.17) is 5.11 Å². The lowest BCUT2D eigenvalue weighted by atomic mass is 10.4. The number of nitrogens with one attached hydrogen (secondary N) is 2. The first-order chi connectivity index (χ1) is 7.00. The minimum absolute atomic E-state index is 0.280. The Morgan fingerprint density at radius 1 is 1.60 bits per heavy atom. The maximum Gasteiger partial charge on any atom is 0.322 e. The molecule has 1 aromatic rings. The van der Waals surface area contributed by atoms with Crippen LogP contribution in [0.3, 0.4) is 0 Å². The number of amides is 1. The van der Waals surface area contributed by atoms with Crippen molar-refractivity contribution in [3.8, 4) is 0 Å². The number of carbonyl (C=O) groups is 2. The second-order valence-electron chi connectivity index (χ2n) is 2.48. The molecule has 1 rings (SSSR count). The number of aliphatic carboxylic acids is 1. The Balaban J connectivity index is 2.86. The average Bonchev–Trinajstić information content (AvgIpc) is 2.18. The van der Waals surface area contributed by atoms with E-state index in [0.29, 0.717) is 0 Å². The summed E-state index contributed by atoms with van der Waals surface area (Å²) in [5.41, 5.74) is -1.06. The van der Waals surface area contributed by atoms with Crippen molar-refractivity contribution in [2.75, 3.05) is 6.54 Å². The molecule has 0 aromatic carbocycles. The molecule has 7 nitrogen and oxygen atoms in total. The quantitative estimate of drug-likeness (QED) is 0.679. The zero-order valence-corrected chi connectivity index (χ0v) is 8.87. The topological polar surface area (TPSA) is 112 Å². The molecule has 8 heteroatoms. The van der Waals surface area contributed by atoms with Crippen molar-refractivity contribution >= 4 is 27.8 Å². The highest BCUT2D eigenvalue weighted by Crippen LogP contribution is 2.00. The minimum atomic E-state index is -1.20. The predicted octanol–water partition coefficient (Wildman–Crippen LogP) is -0.653. The van der Waals surface area contributed by atoms with Crippen LogP contribution in [0, 0.1) is 0 Å². The standard InChI is InChI=1S/C7H6BrN3O4/c8-3-1-9-6(14)5(11-3)7(15)10-2-4(12)13/h1H,2H2,(H,9,14)(H,10,15)(H,12,13). The summed E-state index contributed by atoms with van der Waals surface area (Å²) in [6.07, 6.45) is 1.27. The van der Waals surface area contributed by atoms with Crippen molar-refractivity contribution in [3.63, 3.8) is 0 Å². The molecule has 0 saturated carbocycles. The van der Waals surface area contributed by atoms with Crippen molar-refractivity contribution in [1.29, 1.82) is 0 Å². The molecule has 80 valence electrons. The summed E-state index contributed by atoms with van der Waals surface area (Å²) in [6.45, 7) is -0.563. The number of nitrogens with zero attached hydrogens (tertiary/aromatic N) is 1.